The summed E-state index contributed by atoms with van der Waals surface area (Å²) in [6.45, 7) is 2.93. The van der Waals surface area contributed by atoms with Crippen molar-refractivity contribution in [2.24, 2.45) is 0 Å². The van der Waals surface area contributed by atoms with Gasteiger partial charge < -0.3 is 14.0 Å². The molecule has 0 saturated carbocycles. The quantitative estimate of drug-likeness (QED) is 0.668. The number of aryl methyl sites for hydroxylation is 1. The Hall–Kier alpha value is -2.72. The lowest BCUT2D eigenvalue weighted by Crippen LogP contribution is -2.29. The number of hydrogen-bond donors (Lipinski definition) is 0. The van der Waals surface area contributed by atoms with Gasteiger partial charge in [0.05, 0.1) is 20.3 Å². The highest BCUT2D eigenvalue weighted by molar-refractivity contribution is 5.41. The minimum Gasteiger partial charge on any atom is -0.497 e. The number of methoxy groups -OCH3 is 2. The zero-order valence-corrected chi connectivity index (χ0v) is 16.0. The van der Waals surface area contributed by atoms with Crippen LogP contribution in [0, 0.1) is 0 Å². The van der Waals surface area contributed by atoms with Gasteiger partial charge in [-0.05, 0) is 30.2 Å². The largest absolute Gasteiger partial charge is 0.497 e. The molecule has 27 heavy (non-hydrogen) atoms. The molecule has 1 atom stereocenters. The van der Waals surface area contributed by atoms with Gasteiger partial charge in [-0.25, -0.2) is 0 Å². The zero-order chi connectivity index (χ0) is 18.6. The normalized spacial score (nSPS) is 17.2. The molecule has 0 aliphatic carbocycles. The molecule has 0 amide bonds. The molecule has 3 aromatic rings. The number of hydrogen-bond acceptors (Lipinski definition) is 3. The van der Waals surface area contributed by atoms with E-state index < -0.39 is 0 Å². The van der Waals surface area contributed by atoms with Crippen LogP contribution in [-0.2, 0) is 13.1 Å². The molecule has 4 nitrogen and oxygen atoms in total. The fourth-order valence-corrected chi connectivity index (χ4v) is 4.03. The number of aromatic nitrogens is 1. The average molecular weight is 362 g/mol. The maximum absolute atomic E-state index is 5.64. The highest BCUT2D eigenvalue weighted by Crippen LogP contribution is 2.35. The molecule has 140 valence electrons. The summed E-state index contributed by atoms with van der Waals surface area (Å²) in [6, 6.07) is 21.5. The monoisotopic (exact) mass is 362 g/mol. The molecule has 2 aromatic carbocycles. The highest BCUT2D eigenvalue weighted by Gasteiger charge is 2.27. The molecule has 0 N–H and O–H groups in total. The van der Waals surface area contributed by atoms with E-state index in [-0.39, 0.29) is 6.04 Å². The van der Waals surface area contributed by atoms with Gasteiger partial charge in [0.15, 0.2) is 0 Å². The van der Waals surface area contributed by atoms with Gasteiger partial charge in [-0.3, -0.25) is 4.90 Å². The summed E-state index contributed by atoms with van der Waals surface area (Å²) < 4.78 is 13.4. The third-order valence-electron chi connectivity index (χ3n) is 5.34. The first-order valence-electron chi connectivity index (χ1n) is 9.45. The lowest BCUT2D eigenvalue weighted by Gasteiger charge is -2.31. The van der Waals surface area contributed by atoms with E-state index in [0.717, 1.165) is 37.6 Å². The Bertz CT molecular complexity index is 888. The Kier molecular flexibility index (Phi) is 5.16. The molecule has 0 fully saturated rings. The molecule has 1 aliphatic rings. The summed E-state index contributed by atoms with van der Waals surface area (Å²) in [7, 11) is 3.41. The van der Waals surface area contributed by atoms with Crippen molar-refractivity contribution >= 4 is 0 Å². The van der Waals surface area contributed by atoms with Crippen molar-refractivity contribution in [3.63, 3.8) is 0 Å². The number of nitrogens with zero attached hydrogens (tertiary/aromatic N) is 2. The van der Waals surface area contributed by atoms with Crippen LogP contribution in [0.3, 0.4) is 0 Å². The second-order valence-corrected chi connectivity index (χ2v) is 6.94. The third-order valence-corrected chi connectivity index (χ3v) is 5.34. The second kappa shape index (κ2) is 7.89. The van der Waals surface area contributed by atoms with Gasteiger partial charge in [0, 0.05) is 43.2 Å². The maximum atomic E-state index is 5.64. The molecular formula is C23H26N2O2. The van der Waals surface area contributed by atoms with E-state index in [9.17, 15) is 0 Å². The van der Waals surface area contributed by atoms with Gasteiger partial charge in [0.1, 0.15) is 11.5 Å². The first-order chi connectivity index (χ1) is 13.3. The van der Waals surface area contributed by atoms with Gasteiger partial charge in [-0.1, -0.05) is 36.4 Å². The van der Waals surface area contributed by atoms with Crippen LogP contribution in [0.2, 0.25) is 0 Å². The van der Waals surface area contributed by atoms with Crippen LogP contribution in [0.4, 0.5) is 0 Å². The van der Waals surface area contributed by atoms with E-state index in [1.165, 1.54) is 16.8 Å². The molecule has 4 heteroatoms. The van der Waals surface area contributed by atoms with Crippen molar-refractivity contribution < 1.29 is 9.47 Å². The molecule has 2 heterocycles. The zero-order valence-electron chi connectivity index (χ0n) is 16.0. The molecule has 0 radical (unpaired) electrons. The minimum absolute atomic E-state index is 0.232. The van der Waals surface area contributed by atoms with Gasteiger partial charge >= 0.3 is 0 Å². The van der Waals surface area contributed by atoms with Crippen molar-refractivity contribution in [3.05, 3.63) is 83.7 Å². The summed E-state index contributed by atoms with van der Waals surface area (Å²) in [6.07, 6.45) is 3.33. The van der Waals surface area contributed by atoms with E-state index in [2.05, 4.69) is 64.2 Å². The van der Waals surface area contributed by atoms with Crippen molar-refractivity contribution in [2.45, 2.75) is 25.6 Å². The number of rotatable bonds is 5. The summed E-state index contributed by atoms with van der Waals surface area (Å²) >= 11 is 0. The van der Waals surface area contributed by atoms with Gasteiger partial charge in [0.25, 0.3) is 0 Å². The number of ether oxygens (including phenoxy) is 2. The van der Waals surface area contributed by atoms with Crippen LogP contribution in [0.1, 0.15) is 29.3 Å². The van der Waals surface area contributed by atoms with E-state index in [0.29, 0.717) is 0 Å². The average Bonchev–Trinajstić information content (AvgIpc) is 3.10. The predicted molar refractivity (Wildman–Crippen MR) is 107 cm³/mol. The summed E-state index contributed by atoms with van der Waals surface area (Å²) in [5.74, 6) is 1.70. The van der Waals surface area contributed by atoms with Crippen LogP contribution in [-0.4, -0.2) is 30.2 Å². The van der Waals surface area contributed by atoms with Gasteiger partial charge in [-0.2, -0.15) is 0 Å². The topological polar surface area (TPSA) is 26.6 Å². The van der Waals surface area contributed by atoms with Crippen molar-refractivity contribution in [1.29, 1.82) is 0 Å². The maximum Gasteiger partial charge on any atom is 0.127 e. The van der Waals surface area contributed by atoms with Crippen molar-refractivity contribution in [3.8, 4) is 11.5 Å². The first-order valence-corrected chi connectivity index (χ1v) is 9.45. The van der Waals surface area contributed by atoms with E-state index in [1.54, 1.807) is 14.2 Å². The SMILES string of the molecule is COc1ccc(CN2CCCn3cccc3C2c2ccccc2)c(OC)c1. The molecule has 1 unspecified atom stereocenters. The smallest absolute Gasteiger partial charge is 0.127 e. The predicted octanol–water partition coefficient (Wildman–Crippen LogP) is 4.50. The van der Waals surface area contributed by atoms with Crippen molar-refractivity contribution in [1.82, 2.24) is 9.47 Å². The summed E-state index contributed by atoms with van der Waals surface area (Å²) in [4.78, 5) is 2.55. The fourth-order valence-electron chi connectivity index (χ4n) is 4.03. The Morgan fingerprint density at radius 2 is 1.78 bits per heavy atom. The molecular weight excluding hydrogens is 336 g/mol. The van der Waals surface area contributed by atoms with E-state index in [4.69, 9.17) is 9.47 Å². The Morgan fingerprint density at radius 3 is 2.56 bits per heavy atom. The van der Waals surface area contributed by atoms with Crippen molar-refractivity contribution in [2.75, 3.05) is 20.8 Å². The van der Waals surface area contributed by atoms with Crippen LogP contribution in [0.5, 0.6) is 11.5 Å². The molecule has 1 aliphatic heterocycles. The Labute approximate surface area is 161 Å². The number of benzene rings is 2. The lowest BCUT2D eigenvalue weighted by atomic mass is 10.0. The standard InChI is InChI=1S/C23H26N2O2/c1-26-20-12-11-19(22(16-20)27-2)17-25-15-7-14-24-13-6-10-21(24)23(25)18-8-4-3-5-9-18/h3-6,8-13,16,23H,7,14-15,17H2,1-2H3. The fraction of sp³-hybridized carbons (Fsp3) is 0.304. The molecule has 0 saturated heterocycles. The Balaban J connectivity index is 1.72. The summed E-state index contributed by atoms with van der Waals surface area (Å²) in [5.41, 5.74) is 3.86. The van der Waals surface area contributed by atoms with Gasteiger partial charge in [-0.15, -0.1) is 0 Å². The minimum atomic E-state index is 0.232. The van der Waals surface area contributed by atoms with Gasteiger partial charge in [0.2, 0.25) is 0 Å². The lowest BCUT2D eigenvalue weighted by molar-refractivity contribution is 0.217. The first kappa shape index (κ1) is 17.7. The van der Waals surface area contributed by atoms with Crippen LogP contribution < -0.4 is 9.47 Å². The molecule has 0 spiro atoms. The Morgan fingerprint density at radius 1 is 0.926 bits per heavy atom. The molecule has 4 rings (SSSR count). The third kappa shape index (κ3) is 3.58. The second-order valence-electron chi connectivity index (χ2n) is 6.94. The van der Waals surface area contributed by atoms with Crippen LogP contribution >= 0.6 is 0 Å². The number of fused-ring (bicyclic) bond motifs is 1. The van der Waals surface area contributed by atoms with E-state index >= 15 is 0 Å². The van der Waals surface area contributed by atoms with E-state index in [1.807, 2.05) is 12.1 Å². The molecule has 1 aromatic heterocycles. The molecule has 0 bridgehead atoms. The highest BCUT2D eigenvalue weighted by atomic mass is 16.5. The van der Waals surface area contributed by atoms with Crippen LogP contribution in [0.15, 0.2) is 66.9 Å². The summed E-state index contributed by atoms with van der Waals surface area (Å²) in [5, 5.41) is 0. The van der Waals surface area contributed by atoms with Crippen LogP contribution in [0.25, 0.3) is 0 Å².